The molecule has 5 rings (SSSR count). The van der Waals surface area contributed by atoms with Crippen molar-refractivity contribution in [2.24, 2.45) is 0 Å². The number of rotatable bonds is 8. The average molecular weight is 647 g/mol. The Morgan fingerprint density at radius 3 is 2.02 bits per heavy atom. The molecule has 1 aliphatic heterocycles. The van der Waals surface area contributed by atoms with Crippen LogP contribution in [-0.2, 0) is 25.9 Å². The second kappa shape index (κ2) is 14.3. The van der Waals surface area contributed by atoms with Crippen molar-refractivity contribution < 1.29 is 42.2 Å². The second-order valence-corrected chi connectivity index (χ2v) is 10.7. The van der Waals surface area contributed by atoms with Crippen molar-refractivity contribution in [1.29, 1.82) is 0 Å². The van der Waals surface area contributed by atoms with Crippen LogP contribution in [0.3, 0.4) is 0 Å². The van der Waals surface area contributed by atoms with Crippen LogP contribution in [-0.4, -0.2) is 53.5 Å². The van der Waals surface area contributed by atoms with E-state index in [-0.39, 0.29) is 23.6 Å². The molecule has 1 fully saturated rings. The van der Waals surface area contributed by atoms with Crippen LogP contribution in [0.5, 0.6) is 0 Å². The number of hydrogen-bond donors (Lipinski definition) is 2. The van der Waals surface area contributed by atoms with Gasteiger partial charge in [-0.1, -0.05) is 60.7 Å². The Morgan fingerprint density at radius 2 is 1.51 bits per heavy atom. The van der Waals surface area contributed by atoms with Gasteiger partial charge in [0.2, 0.25) is 11.3 Å². The van der Waals surface area contributed by atoms with Crippen LogP contribution in [0.2, 0.25) is 0 Å². The number of anilines is 1. The summed E-state index contributed by atoms with van der Waals surface area (Å²) in [4.78, 5) is 49.9. The summed E-state index contributed by atoms with van der Waals surface area (Å²) in [6, 6.07) is 24.6. The first-order chi connectivity index (χ1) is 22.3. The third-order valence-corrected chi connectivity index (χ3v) is 7.87. The Bertz CT molecular complexity index is 1770. The van der Waals surface area contributed by atoms with E-state index in [1.165, 1.54) is 30.3 Å². The molecule has 0 saturated carbocycles. The van der Waals surface area contributed by atoms with Crippen LogP contribution in [0.1, 0.15) is 51.3 Å². The maximum absolute atomic E-state index is 12.8. The first-order valence-corrected chi connectivity index (χ1v) is 14.8. The normalized spacial score (nSPS) is 15.3. The van der Waals surface area contributed by atoms with E-state index in [0.29, 0.717) is 35.5 Å². The molecule has 2 amide bonds. The lowest BCUT2D eigenvalue weighted by atomic mass is 9.76. The number of carbonyl (C=O) groups excluding carboxylic acids is 3. The number of aryl methyl sites for hydroxylation is 1. The molecule has 1 heterocycles. The quantitative estimate of drug-likeness (QED) is 0.158. The lowest BCUT2D eigenvalue weighted by molar-refractivity contribution is -0.181. The molecule has 1 atom stereocenters. The molecular formula is C36H33F3N2O6. The number of nitrogens with one attached hydrogen (secondary N) is 1. The number of esters is 1. The maximum Gasteiger partial charge on any atom is 0.416 e. The monoisotopic (exact) mass is 646 g/mol. The number of hydrogen-bond acceptors (Lipinski definition) is 5. The number of benzene rings is 4. The summed E-state index contributed by atoms with van der Waals surface area (Å²) in [6.45, 7) is 6.82. The zero-order valence-corrected chi connectivity index (χ0v) is 25.9. The van der Waals surface area contributed by atoms with E-state index in [4.69, 9.17) is 9.84 Å². The molecule has 11 heteroatoms. The van der Waals surface area contributed by atoms with Crippen molar-refractivity contribution in [3.8, 4) is 11.1 Å². The summed E-state index contributed by atoms with van der Waals surface area (Å²) < 4.78 is 43.2. The minimum absolute atomic E-state index is 0.102. The second-order valence-electron chi connectivity index (χ2n) is 10.7. The number of likely N-dealkylation sites (N-methyl/N-ethyl adjacent to an activating group) is 1. The molecule has 0 aromatic heterocycles. The van der Waals surface area contributed by atoms with Gasteiger partial charge in [0.1, 0.15) is 6.61 Å². The van der Waals surface area contributed by atoms with Crippen LogP contribution >= 0.6 is 0 Å². The number of carboxylic acids is 1. The topological polar surface area (TPSA) is 113 Å². The Labute approximate surface area is 269 Å². The smallest absolute Gasteiger partial charge is 0.416 e. The van der Waals surface area contributed by atoms with E-state index in [9.17, 15) is 32.3 Å². The average Bonchev–Trinajstić information content (AvgIpc) is 3.06. The van der Waals surface area contributed by atoms with Gasteiger partial charge in [0, 0.05) is 24.3 Å². The van der Waals surface area contributed by atoms with Gasteiger partial charge in [0.25, 0.3) is 5.91 Å². The van der Waals surface area contributed by atoms with Gasteiger partial charge in [0.15, 0.2) is 0 Å². The van der Waals surface area contributed by atoms with Gasteiger partial charge < -0.3 is 20.1 Å². The molecule has 47 heavy (non-hydrogen) atoms. The standard InChI is InChI=1S/C22H16F3NO3.C14H17NO3/c1-13-12-15(21(28)29)8-11-19(13)26-20(27)18-5-3-2-4-17(18)14-6-9-16(10-7-14)22(23,24)25;1-3-15(4-2)12(16)14(10-18-13(14)17)11-8-6-5-7-9-11/h2-12H,1H3,(H,26,27)(H,28,29);5-9H,3-4,10H2,1-2H3. The number of halogens is 3. The largest absolute Gasteiger partial charge is 0.478 e. The van der Waals surface area contributed by atoms with Crippen LogP contribution in [0, 0.1) is 6.92 Å². The lowest BCUT2D eigenvalue weighted by Crippen LogP contribution is -2.62. The van der Waals surface area contributed by atoms with Crippen LogP contribution in [0.25, 0.3) is 11.1 Å². The fourth-order valence-electron chi connectivity index (χ4n) is 5.15. The minimum Gasteiger partial charge on any atom is -0.478 e. The predicted molar refractivity (Wildman–Crippen MR) is 170 cm³/mol. The van der Waals surface area contributed by atoms with E-state index in [1.807, 2.05) is 44.2 Å². The van der Waals surface area contributed by atoms with Gasteiger partial charge in [-0.3, -0.25) is 14.4 Å². The highest BCUT2D eigenvalue weighted by atomic mass is 19.4. The first-order valence-electron chi connectivity index (χ1n) is 14.8. The van der Waals surface area contributed by atoms with Crippen molar-refractivity contribution in [1.82, 2.24) is 4.90 Å². The summed E-state index contributed by atoms with van der Waals surface area (Å²) in [6.07, 6.45) is -4.44. The van der Waals surface area contributed by atoms with Crippen LogP contribution < -0.4 is 5.32 Å². The van der Waals surface area contributed by atoms with Gasteiger partial charge in [-0.15, -0.1) is 0 Å². The third kappa shape index (κ3) is 7.35. The van der Waals surface area contributed by atoms with E-state index < -0.39 is 35.0 Å². The molecular weight excluding hydrogens is 613 g/mol. The summed E-state index contributed by atoms with van der Waals surface area (Å²) >= 11 is 0. The molecule has 1 saturated heterocycles. The molecule has 0 spiro atoms. The Morgan fingerprint density at radius 1 is 0.894 bits per heavy atom. The molecule has 4 aromatic rings. The number of carboxylic acid groups (broad SMARTS) is 1. The van der Waals surface area contributed by atoms with Crippen LogP contribution in [0.15, 0.2) is 97.1 Å². The molecule has 0 radical (unpaired) electrons. The minimum atomic E-state index is -4.44. The molecule has 0 aliphatic carbocycles. The molecule has 0 bridgehead atoms. The lowest BCUT2D eigenvalue weighted by Gasteiger charge is -2.40. The van der Waals surface area contributed by atoms with Crippen molar-refractivity contribution in [2.75, 3.05) is 25.0 Å². The highest BCUT2D eigenvalue weighted by molar-refractivity contribution is 6.12. The predicted octanol–water partition coefficient (Wildman–Crippen LogP) is 6.98. The van der Waals surface area contributed by atoms with E-state index in [1.54, 1.807) is 36.1 Å². The van der Waals surface area contributed by atoms with E-state index in [0.717, 1.165) is 17.7 Å². The SMILES string of the molecule is CCN(CC)C(=O)C1(c2ccccc2)COC1=O.Cc1cc(C(=O)O)ccc1NC(=O)c1ccccc1-c1ccc(C(F)(F)F)cc1. The zero-order chi connectivity index (χ0) is 34.4. The molecule has 8 nitrogen and oxygen atoms in total. The highest BCUT2D eigenvalue weighted by Crippen LogP contribution is 2.36. The maximum atomic E-state index is 12.8. The number of alkyl halides is 3. The fourth-order valence-corrected chi connectivity index (χ4v) is 5.15. The summed E-state index contributed by atoms with van der Waals surface area (Å²) in [5.41, 5.74) is 1.20. The molecule has 2 N–H and O–H groups in total. The zero-order valence-electron chi connectivity index (χ0n) is 25.9. The summed E-state index contributed by atoms with van der Waals surface area (Å²) in [5, 5.41) is 11.8. The Balaban J connectivity index is 0.000000238. The van der Waals surface area contributed by atoms with Crippen molar-refractivity contribution in [3.63, 3.8) is 0 Å². The molecule has 244 valence electrons. The van der Waals surface area contributed by atoms with Crippen molar-refractivity contribution in [2.45, 2.75) is 32.4 Å². The molecule has 1 unspecified atom stereocenters. The number of carbonyl (C=O) groups is 4. The van der Waals surface area contributed by atoms with Gasteiger partial charge in [0.05, 0.1) is 11.1 Å². The van der Waals surface area contributed by atoms with E-state index >= 15 is 0 Å². The first kappa shape index (κ1) is 34.4. The van der Waals surface area contributed by atoms with Gasteiger partial charge in [-0.05, 0) is 79.4 Å². The van der Waals surface area contributed by atoms with Crippen molar-refractivity contribution in [3.05, 3.63) is 125 Å². The van der Waals surface area contributed by atoms with Gasteiger partial charge >= 0.3 is 18.1 Å². The number of nitrogens with zero attached hydrogens (tertiary/aromatic N) is 1. The Kier molecular flexibility index (Phi) is 10.5. The number of amides is 2. The molecule has 1 aliphatic rings. The number of cyclic esters (lactones) is 1. The third-order valence-electron chi connectivity index (χ3n) is 7.87. The van der Waals surface area contributed by atoms with Gasteiger partial charge in [-0.25, -0.2) is 4.79 Å². The highest BCUT2D eigenvalue weighted by Gasteiger charge is 2.58. The van der Waals surface area contributed by atoms with E-state index in [2.05, 4.69) is 5.32 Å². The molecule has 4 aromatic carbocycles. The van der Waals surface area contributed by atoms with Crippen LogP contribution in [0.4, 0.5) is 18.9 Å². The Hall–Kier alpha value is -5.45. The summed E-state index contributed by atoms with van der Waals surface area (Å²) in [7, 11) is 0. The van der Waals surface area contributed by atoms with Crippen molar-refractivity contribution >= 4 is 29.4 Å². The number of ether oxygens (including phenoxy) is 1. The summed E-state index contributed by atoms with van der Waals surface area (Å²) in [5.74, 6) is -2.12. The fraction of sp³-hybridized carbons (Fsp3) is 0.222. The van der Waals surface area contributed by atoms with Gasteiger partial charge in [-0.2, -0.15) is 13.2 Å². The number of aromatic carboxylic acids is 1.